The molecule has 0 atom stereocenters. The Balaban J connectivity index is 3.62. The first kappa shape index (κ1) is 33.5. The standard InChI is InChI=1S/C31H53NO2Si3/c1-30(2,3)36(12,13)33-24-27(19-16-26-17-20-29(21-18-26)32(7)8)28(22-23-35(9,10)11)25-34-37(14,15)31(4,5)6/h17-18,20-21H,24-25H2,1-15H3/b28-27+. The van der Waals surface area contributed by atoms with Gasteiger partial charge in [0.25, 0.3) is 0 Å². The monoisotopic (exact) mass is 555 g/mol. The quantitative estimate of drug-likeness (QED) is 0.249. The van der Waals surface area contributed by atoms with Crippen LogP contribution in [0.2, 0.25) is 55.9 Å². The first-order valence-electron chi connectivity index (χ1n) is 13.4. The van der Waals surface area contributed by atoms with Crippen molar-refractivity contribution in [1.82, 2.24) is 0 Å². The third-order valence-corrected chi connectivity index (χ3v) is 17.3. The molecule has 1 aromatic carbocycles. The molecule has 1 rings (SSSR count). The van der Waals surface area contributed by atoms with Gasteiger partial charge in [0.1, 0.15) is 8.07 Å². The summed E-state index contributed by atoms with van der Waals surface area (Å²) in [5.41, 5.74) is 7.64. The Kier molecular flexibility index (Phi) is 11.3. The minimum Gasteiger partial charge on any atom is -0.412 e. The summed E-state index contributed by atoms with van der Waals surface area (Å²) >= 11 is 0. The van der Waals surface area contributed by atoms with Gasteiger partial charge in [-0.05, 0) is 60.5 Å². The van der Waals surface area contributed by atoms with Crippen LogP contribution in [0.15, 0.2) is 35.4 Å². The van der Waals surface area contributed by atoms with E-state index in [9.17, 15) is 0 Å². The Morgan fingerprint density at radius 3 is 1.46 bits per heavy atom. The number of nitrogens with zero attached hydrogens (tertiary/aromatic N) is 1. The van der Waals surface area contributed by atoms with Crippen LogP contribution in [0, 0.1) is 23.3 Å². The van der Waals surface area contributed by atoms with Crippen molar-refractivity contribution in [3.8, 4) is 23.3 Å². The minimum absolute atomic E-state index is 0.120. The van der Waals surface area contributed by atoms with Crippen molar-refractivity contribution in [3.05, 3.63) is 41.0 Å². The molecule has 6 heteroatoms. The van der Waals surface area contributed by atoms with Gasteiger partial charge in [0.15, 0.2) is 16.6 Å². The molecule has 3 nitrogen and oxygen atoms in total. The molecule has 0 fully saturated rings. The van der Waals surface area contributed by atoms with Crippen molar-refractivity contribution in [2.45, 2.75) is 97.4 Å². The molecule has 0 saturated carbocycles. The Bertz CT molecular complexity index is 1060. The Hall–Kier alpha value is -1.55. The molecule has 0 amide bonds. The van der Waals surface area contributed by atoms with Crippen LogP contribution in [0.25, 0.3) is 0 Å². The van der Waals surface area contributed by atoms with E-state index >= 15 is 0 Å². The van der Waals surface area contributed by atoms with Gasteiger partial charge in [0, 0.05) is 36.5 Å². The summed E-state index contributed by atoms with van der Waals surface area (Å²) < 4.78 is 13.4. The van der Waals surface area contributed by atoms with Crippen molar-refractivity contribution in [1.29, 1.82) is 0 Å². The second-order valence-corrected chi connectivity index (χ2v) is 28.6. The maximum absolute atomic E-state index is 6.68. The minimum atomic E-state index is -1.97. The smallest absolute Gasteiger partial charge is 0.192 e. The molecule has 0 radical (unpaired) electrons. The highest BCUT2D eigenvalue weighted by atomic mass is 28.4. The Morgan fingerprint density at radius 2 is 1.11 bits per heavy atom. The summed E-state index contributed by atoms with van der Waals surface area (Å²) in [6.45, 7) is 30.6. The molecule has 0 heterocycles. The van der Waals surface area contributed by atoms with Gasteiger partial charge in [-0.2, -0.15) is 0 Å². The average molecular weight is 556 g/mol. The van der Waals surface area contributed by atoms with Crippen LogP contribution in [0.3, 0.4) is 0 Å². The van der Waals surface area contributed by atoms with E-state index in [1.54, 1.807) is 0 Å². The fourth-order valence-electron chi connectivity index (χ4n) is 2.59. The van der Waals surface area contributed by atoms with Gasteiger partial charge in [0.05, 0.1) is 13.2 Å². The number of benzene rings is 1. The van der Waals surface area contributed by atoms with Gasteiger partial charge in [0.2, 0.25) is 0 Å². The molecule has 0 aliphatic carbocycles. The largest absolute Gasteiger partial charge is 0.412 e. The van der Waals surface area contributed by atoms with Crippen LogP contribution in [0.4, 0.5) is 5.69 Å². The fraction of sp³-hybridized carbons (Fsp3) is 0.613. The zero-order valence-corrected chi connectivity index (χ0v) is 29.5. The van der Waals surface area contributed by atoms with Crippen molar-refractivity contribution in [2.24, 2.45) is 0 Å². The summed E-state index contributed by atoms with van der Waals surface area (Å²) in [6, 6.07) is 8.36. The molecule has 206 valence electrons. The molecular formula is C31H53NO2Si3. The molecule has 0 saturated heterocycles. The van der Waals surface area contributed by atoms with E-state index in [4.69, 9.17) is 8.85 Å². The maximum atomic E-state index is 6.68. The molecule has 0 unspecified atom stereocenters. The molecule has 0 aromatic heterocycles. The normalized spacial score (nSPS) is 13.7. The summed E-state index contributed by atoms with van der Waals surface area (Å²) in [5.74, 6) is 10.4. The predicted octanol–water partition coefficient (Wildman–Crippen LogP) is 8.33. The van der Waals surface area contributed by atoms with Crippen molar-refractivity contribution in [3.63, 3.8) is 0 Å². The van der Waals surface area contributed by atoms with Gasteiger partial charge in [-0.15, -0.1) is 5.54 Å². The first-order chi connectivity index (χ1) is 16.6. The van der Waals surface area contributed by atoms with Crippen molar-refractivity contribution < 1.29 is 8.85 Å². The second-order valence-electron chi connectivity index (χ2n) is 14.2. The lowest BCUT2D eigenvalue weighted by molar-refractivity contribution is 0.308. The third kappa shape index (κ3) is 11.0. The third-order valence-electron chi connectivity index (χ3n) is 7.46. The lowest BCUT2D eigenvalue weighted by Gasteiger charge is -2.37. The number of anilines is 1. The van der Waals surface area contributed by atoms with E-state index < -0.39 is 24.7 Å². The van der Waals surface area contributed by atoms with E-state index in [0.717, 1.165) is 22.4 Å². The summed E-state index contributed by atoms with van der Waals surface area (Å²) in [4.78, 5) is 2.10. The Labute approximate surface area is 232 Å². The zero-order chi connectivity index (χ0) is 28.9. The van der Waals surface area contributed by atoms with Gasteiger partial charge in [-0.25, -0.2) is 0 Å². The van der Waals surface area contributed by atoms with Gasteiger partial charge in [-0.3, -0.25) is 0 Å². The van der Waals surface area contributed by atoms with Crippen LogP contribution < -0.4 is 4.90 Å². The van der Waals surface area contributed by atoms with Crippen molar-refractivity contribution >= 4 is 30.4 Å². The van der Waals surface area contributed by atoms with Crippen LogP contribution in [-0.4, -0.2) is 52.0 Å². The van der Waals surface area contributed by atoms with Crippen LogP contribution in [0.5, 0.6) is 0 Å². The van der Waals surface area contributed by atoms with Crippen LogP contribution in [-0.2, 0) is 8.85 Å². The molecular weight excluding hydrogens is 503 g/mol. The molecule has 0 aliphatic rings. The van der Waals surface area contributed by atoms with E-state index in [-0.39, 0.29) is 10.1 Å². The second kappa shape index (κ2) is 12.5. The van der Waals surface area contributed by atoms with Gasteiger partial charge >= 0.3 is 0 Å². The predicted molar refractivity (Wildman–Crippen MR) is 172 cm³/mol. The molecule has 0 bridgehead atoms. The average Bonchev–Trinajstić information content (AvgIpc) is 2.72. The molecule has 0 aliphatic heterocycles. The first-order valence-corrected chi connectivity index (χ1v) is 22.7. The van der Waals surface area contributed by atoms with E-state index in [1.165, 1.54) is 0 Å². The number of rotatable bonds is 7. The fourth-order valence-corrected chi connectivity index (χ4v) is 4.99. The topological polar surface area (TPSA) is 21.7 Å². The van der Waals surface area contributed by atoms with Crippen LogP contribution >= 0.6 is 0 Å². The van der Waals surface area contributed by atoms with E-state index in [0.29, 0.717) is 13.2 Å². The summed E-state index contributed by atoms with van der Waals surface area (Å²) in [7, 11) is -1.43. The van der Waals surface area contributed by atoms with Gasteiger partial charge in [-0.1, -0.05) is 78.9 Å². The van der Waals surface area contributed by atoms with Gasteiger partial charge < -0.3 is 13.8 Å². The molecule has 1 aromatic rings. The highest BCUT2D eigenvalue weighted by Gasteiger charge is 2.38. The summed E-state index contributed by atoms with van der Waals surface area (Å²) in [5, 5.41) is 0.247. The zero-order valence-electron chi connectivity index (χ0n) is 26.5. The SMILES string of the molecule is CN(C)c1ccc(C#C/C(CO[Si](C)(C)C(C)(C)C)=C(/C#C[Si](C)(C)C)CO[Si](C)(C)C(C)(C)C)cc1. The highest BCUT2D eigenvalue weighted by Crippen LogP contribution is 2.38. The molecule has 0 N–H and O–H groups in total. The highest BCUT2D eigenvalue weighted by molar-refractivity contribution is 6.84. The molecule has 37 heavy (non-hydrogen) atoms. The van der Waals surface area contributed by atoms with Crippen molar-refractivity contribution in [2.75, 3.05) is 32.2 Å². The number of hydrogen-bond donors (Lipinski definition) is 0. The number of hydrogen-bond acceptors (Lipinski definition) is 3. The van der Waals surface area contributed by atoms with E-state index in [1.807, 2.05) is 14.1 Å². The van der Waals surface area contributed by atoms with Crippen LogP contribution in [0.1, 0.15) is 47.1 Å². The maximum Gasteiger partial charge on any atom is 0.192 e. The van der Waals surface area contributed by atoms with E-state index in [2.05, 4.69) is 140 Å². The summed E-state index contributed by atoms with van der Waals surface area (Å²) in [6.07, 6.45) is 0. The molecule has 0 spiro atoms. The lowest BCUT2D eigenvalue weighted by Crippen LogP contribution is -2.42. The lowest BCUT2D eigenvalue weighted by atomic mass is 10.1. The Morgan fingerprint density at radius 1 is 0.703 bits per heavy atom.